The van der Waals surface area contributed by atoms with E-state index >= 15 is 0 Å². The number of hydrogen-bond acceptors (Lipinski definition) is 4. The highest BCUT2D eigenvalue weighted by molar-refractivity contribution is 6.30. The van der Waals surface area contributed by atoms with Crippen molar-refractivity contribution < 1.29 is 4.79 Å². The third kappa shape index (κ3) is 4.47. The average Bonchev–Trinajstić information content (AvgIpc) is 2.83. The van der Waals surface area contributed by atoms with Gasteiger partial charge in [0.2, 0.25) is 5.91 Å². The van der Waals surface area contributed by atoms with Crippen LogP contribution in [0.5, 0.6) is 0 Å². The Labute approximate surface area is 194 Å². The Kier molecular flexibility index (Phi) is 5.59. The van der Waals surface area contributed by atoms with Crippen LogP contribution in [0.25, 0.3) is 21.8 Å². The number of benzene rings is 3. The molecule has 33 heavy (non-hydrogen) atoms. The van der Waals surface area contributed by atoms with Gasteiger partial charge in [-0.1, -0.05) is 54.1 Å². The molecule has 0 fully saturated rings. The molecule has 0 saturated carbocycles. The molecule has 5 rings (SSSR count). The normalized spacial score (nSPS) is 11.1. The van der Waals surface area contributed by atoms with Gasteiger partial charge in [0.05, 0.1) is 16.4 Å². The topological polar surface area (TPSA) is 76.9 Å². The number of nitrogens with one attached hydrogen (secondary N) is 1. The first-order valence-electron chi connectivity index (χ1n) is 10.5. The summed E-state index contributed by atoms with van der Waals surface area (Å²) in [6.07, 6.45) is 0.388. The van der Waals surface area contributed by atoms with Crippen molar-refractivity contribution in [3.05, 3.63) is 112 Å². The van der Waals surface area contributed by atoms with Crippen LogP contribution in [-0.4, -0.2) is 20.4 Å². The molecular formula is C26H19ClN4O2. The zero-order valence-corrected chi connectivity index (χ0v) is 18.3. The Balaban J connectivity index is 1.48. The van der Waals surface area contributed by atoms with Crippen molar-refractivity contribution >= 4 is 45.1 Å². The summed E-state index contributed by atoms with van der Waals surface area (Å²) in [5.41, 5.74) is 2.06. The molecule has 3 aromatic carbocycles. The minimum atomic E-state index is -0.352. The van der Waals surface area contributed by atoms with Gasteiger partial charge >= 0.3 is 0 Å². The van der Waals surface area contributed by atoms with Crippen LogP contribution in [0, 0.1) is 0 Å². The van der Waals surface area contributed by atoms with Crippen LogP contribution < -0.4 is 10.9 Å². The Morgan fingerprint density at radius 3 is 2.39 bits per heavy atom. The number of para-hydroxylation sites is 2. The number of nitrogens with zero attached hydrogens (tertiary/aromatic N) is 3. The van der Waals surface area contributed by atoms with E-state index < -0.39 is 0 Å². The van der Waals surface area contributed by atoms with E-state index in [0.717, 1.165) is 16.5 Å². The van der Waals surface area contributed by atoms with Crippen molar-refractivity contribution in [2.45, 2.75) is 13.0 Å². The van der Waals surface area contributed by atoms with Gasteiger partial charge in [0.25, 0.3) is 5.56 Å². The number of aromatic nitrogens is 3. The van der Waals surface area contributed by atoms with E-state index in [1.807, 2.05) is 48.5 Å². The van der Waals surface area contributed by atoms with Crippen LogP contribution >= 0.6 is 11.6 Å². The number of carbonyl (C=O) groups excluding carboxylic acids is 1. The first-order chi connectivity index (χ1) is 16.1. The van der Waals surface area contributed by atoms with Gasteiger partial charge < -0.3 is 5.32 Å². The molecule has 0 bridgehead atoms. The predicted molar refractivity (Wildman–Crippen MR) is 131 cm³/mol. The van der Waals surface area contributed by atoms with Gasteiger partial charge in [0, 0.05) is 16.8 Å². The summed E-state index contributed by atoms with van der Waals surface area (Å²) in [5.74, 6) is 0.580. The molecule has 0 spiro atoms. The smallest absolute Gasteiger partial charge is 0.261 e. The summed E-state index contributed by atoms with van der Waals surface area (Å²) in [6, 6.07) is 25.8. The number of hydrogen-bond donors (Lipinski definition) is 1. The predicted octanol–water partition coefficient (Wildman–Crippen LogP) is 4.83. The highest BCUT2D eigenvalue weighted by Crippen LogP contribution is 2.16. The highest BCUT2D eigenvalue weighted by Gasteiger charge is 2.15. The van der Waals surface area contributed by atoms with Gasteiger partial charge in [0.15, 0.2) is 0 Å². The van der Waals surface area contributed by atoms with Crippen LogP contribution in [0.2, 0.25) is 5.02 Å². The zero-order chi connectivity index (χ0) is 22.8. The number of pyridine rings is 1. The fourth-order valence-corrected chi connectivity index (χ4v) is 3.88. The standard InChI is InChI=1S/C26H19ClN4O2/c27-19-12-9-17(10-13-19)15-24-29-22-8-4-2-6-20(22)26(33)31(24)16-25(32)30-23-14-11-18-5-1-3-7-21(18)28-23/h1-14H,15-16H2,(H,28,30,32). The molecule has 7 heteroatoms. The zero-order valence-electron chi connectivity index (χ0n) is 17.5. The second kappa shape index (κ2) is 8.84. The van der Waals surface area contributed by atoms with Gasteiger partial charge in [-0.25, -0.2) is 9.97 Å². The summed E-state index contributed by atoms with van der Waals surface area (Å²) in [6.45, 7) is -0.173. The van der Waals surface area contributed by atoms with Crippen molar-refractivity contribution in [3.63, 3.8) is 0 Å². The molecule has 0 aliphatic heterocycles. The van der Waals surface area contributed by atoms with E-state index in [4.69, 9.17) is 11.6 Å². The molecule has 6 nitrogen and oxygen atoms in total. The van der Waals surface area contributed by atoms with Crippen molar-refractivity contribution in [1.82, 2.24) is 14.5 Å². The lowest BCUT2D eigenvalue weighted by Gasteiger charge is -2.14. The Morgan fingerprint density at radius 2 is 1.58 bits per heavy atom. The van der Waals surface area contributed by atoms with E-state index in [9.17, 15) is 9.59 Å². The summed E-state index contributed by atoms with van der Waals surface area (Å²) < 4.78 is 1.42. The van der Waals surface area contributed by atoms with E-state index in [1.165, 1.54) is 4.57 Å². The number of rotatable bonds is 5. The summed E-state index contributed by atoms with van der Waals surface area (Å²) in [7, 11) is 0. The van der Waals surface area contributed by atoms with E-state index in [2.05, 4.69) is 15.3 Å². The molecule has 0 unspecified atom stereocenters. The molecule has 1 amide bonds. The van der Waals surface area contributed by atoms with Gasteiger partial charge in [-0.15, -0.1) is 0 Å². The summed E-state index contributed by atoms with van der Waals surface area (Å²) in [4.78, 5) is 35.3. The van der Waals surface area contributed by atoms with E-state index in [0.29, 0.717) is 34.0 Å². The summed E-state index contributed by atoms with van der Waals surface area (Å²) >= 11 is 6.00. The van der Waals surface area contributed by atoms with Gasteiger partial charge in [-0.3, -0.25) is 14.2 Å². The average molecular weight is 455 g/mol. The van der Waals surface area contributed by atoms with Crippen LogP contribution in [0.15, 0.2) is 89.7 Å². The van der Waals surface area contributed by atoms with Gasteiger partial charge in [-0.2, -0.15) is 0 Å². The van der Waals surface area contributed by atoms with Crippen molar-refractivity contribution in [3.8, 4) is 0 Å². The maximum Gasteiger partial charge on any atom is 0.261 e. The molecule has 2 aromatic heterocycles. The SMILES string of the molecule is O=C(Cn1c(Cc2ccc(Cl)cc2)nc2ccccc2c1=O)Nc1ccc2ccccc2n1. The van der Waals surface area contributed by atoms with Gasteiger partial charge in [0.1, 0.15) is 18.2 Å². The maximum atomic E-state index is 13.3. The van der Waals surface area contributed by atoms with Crippen molar-refractivity contribution in [2.75, 3.05) is 5.32 Å². The number of amides is 1. The Hall–Kier alpha value is -4.03. The lowest BCUT2D eigenvalue weighted by atomic mass is 10.1. The van der Waals surface area contributed by atoms with Gasteiger partial charge in [-0.05, 0) is 48.0 Å². The van der Waals surface area contributed by atoms with Crippen molar-refractivity contribution in [1.29, 1.82) is 0 Å². The number of anilines is 1. The molecule has 162 valence electrons. The molecule has 0 saturated heterocycles. The highest BCUT2D eigenvalue weighted by atomic mass is 35.5. The third-order valence-corrected chi connectivity index (χ3v) is 5.64. The lowest BCUT2D eigenvalue weighted by Crippen LogP contribution is -2.31. The molecule has 0 aliphatic rings. The van der Waals surface area contributed by atoms with Crippen LogP contribution in [-0.2, 0) is 17.8 Å². The molecule has 0 radical (unpaired) electrons. The lowest BCUT2D eigenvalue weighted by molar-refractivity contribution is -0.116. The van der Waals surface area contributed by atoms with Crippen molar-refractivity contribution in [2.24, 2.45) is 0 Å². The molecule has 1 N–H and O–H groups in total. The fourth-order valence-electron chi connectivity index (χ4n) is 3.76. The van der Waals surface area contributed by atoms with Crippen LogP contribution in [0.4, 0.5) is 5.82 Å². The first kappa shape index (κ1) is 20.8. The molecular weight excluding hydrogens is 436 g/mol. The fraction of sp³-hybridized carbons (Fsp3) is 0.0769. The quantitative estimate of drug-likeness (QED) is 0.412. The number of fused-ring (bicyclic) bond motifs is 2. The molecule has 2 heterocycles. The molecule has 0 atom stereocenters. The third-order valence-electron chi connectivity index (χ3n) is 5.38. The molecule has 0 aliphatic carbocycles. The first-order valence-corrected chi connectivity index (χ1v) is 10.8. The largest absolute Gasteiger partial charge is 0.309 e. The monoisotopic (exact) mass is 454 g/mol. The number of halogens is 1. The number of carbonyl (C=O) groups is 1. The van der Waals surface area contributed by atoms with Crippen LogP contribution in [0.3, 0.4) is 0 Å². The Morgan fingerprint density at radius 1 is 0.848 bits per heavy atom. The minimum absolute atomic E-state index is 0.173. The Bertz CT molecular complexity index is 1540. The maximum absolute atomic E-state index is 13.3. The molecule has 5 aromatic rings. The van der Waals surface area contributed by atoms with Crippen LogP contribution in [0.1, 0.15) is 11.4 Å². The summed E-state index contributed by atoms with van der Waals surface area (Å²) in [5, 5.41) is 4.88. The second-order valence-corrected chi connectivity index (χ2v) is 8.11. The van der Waals surface area contributed by atoms with E-state index in [1.54, 1.807) is 36.4 Å². The minimum Gasteiger partial charge on any atom is -0.309 e. The second-order valence-electron chi connectivity index (χ2n) is 7.68. The van der Waals surface area contributed by atoms with E-state index in [-0.39, 0.29) is 18.0 Å².